The van der Waals surface area contributed by atoms with Gasteiger partial charge in [0, 0.05) is 32.7 Å². The van der Waals surface area contributed by atoms with Gasteiger partial charge >= 0.3 is 12.1 Å². The summed E-state index contributed by atoms with van der Waals surface area (Å²) in [6.07, 6.45) is 5.58. The van der Waals surface area contributed by atoms with Gasteiger partial charge in [-0.3, -0.25) is 19.2 Å². The molecule has 0 radical (unpaired) electrons. The van der Waals surface area contributed by atoms with Crippen molar-refractivity contribution in [3.63, 3.8) is 0 Å². The molecule has 13 nitrogen and oxygen atoms in total. The van der Waals surface area contributed by atoms with Crippen LogP contribution in [0, 0.1) is 34.0 Å². The predicted molar refractivity (Wildman–Crippen MR) is 186 cm³/mol. The molecule has 0 bridgehead atoms. The minimum Gasteiger partial charge on any atom is -0.346 e. The summed E-state index contributed by atoms with van der Waals surface area (Å²) in [6.45, 7) is 21.3. The zero-order valence-corrected chi connectivity index (χ0v) is 30.7. The molecule has 4 fully saturated rings. The predicted octanol–water partition coefficient (Wildman–Crippen LogP) is 2.56. The van der Waals surface area contributed by atoms with Gasteiger partial charge in [0.1, 0.15) is 12.1 Å². The molecule has 2 saturated carbocycles. The minimum atomic E-state index is -1.00. The van der Waals surface area contributed by atoms with Crippen LogP contribution in [0.5, 0.6) is 0 Å². The number of nitrogens with one attached hydrogen (secondary N) is 5. The Kier molecular flexibility index (Phi) is 11.4. The number of hydrogen-bond acceptors (Lipinski definition) is 6. The number of hydrogen-bond donors (Lipinski definition) is 5. The lowest BCUT2D eigenvalue weighted by molar-refractivity contribution is -0.145. The van der Waals surface area contributed by atoms with Crippen molar-refractivity contribution in [2.24, 2.45) is 34.0 Å². The Hall–Kier alpha value is -3.64. The molecule has 2 aliphatic carbocycles. The Balaban J connectivity index is 1.52. The van der Waals surface area contributed by atoms with Gasteiger partial charge in [-0.2, -0.15) is 0 Å². The number of fused-ring (bicyclic) bond motifs is 1. The summed E-state index contributed by atoms with van der Waals surface area (Å²) in [7, 11) is 0. The Morgan fingerprint density at radius 3 is 2.22 bits per heavy atom. The topological polar surface area (TPSA) is 169 Å². The van der Waals surface area contributed by atoms with Crippen LogP contribution in [0.4, 0.5) is 9.59 Å². The smallest absolute Gasteiger partial charge is 0.317 e. The summed E-state index contributed by atoms with van der Waals surface area (Å²) in [5, 5.41) is 14.2. The van der Waals surface area contributed by atoms with E-state index in [2.05, 4.69) is 47.0 Å². The molecular weight excluding hydrogens is 626 g/mol. The number of Topliss-reactive ketones (excluding diaryl/α,β-unsaturated/α-hetero) is 1. The first-order valence-electron chi connectivity index (χ1n) is 17.9. The number of rotatable bonds is 13. The van der Waals surface area contributed by atoms with E-state index in [9.17, 15) is 28.8 Å². The van der Waals surface area contributed by atoms with E-state index in [-0.39, 0.29) is 41.7 Å². The highest BCUT2D eigenvalue weighted by molar-refractivity contribution is 6.38. The molecule has 0 aromatic carbocycles. The molecule has 0 aromatic heterocycles. The number of likely N-dealkylation sites (tertiary alicyclic amines) is 1. The number of ketones is 1. The second-order valence-electron chi connectivity index (χ2n) is 17.2. The molecule has 274 valence electrons. The summed E-state index contributed by atoms with van der Waals surface area (Å²) in [5.41, 5.74) is -1.29. The number of carbonyl (C=O) groups is 6. The first-order valence-corrected chi connectivity index (χ1v) is 17.9. The van der Waals surface area contributed by atoms with Crippen molar-refractivity contribution in [2.75, 3.05) is 32.7 Å². The van der Waals surface area contributed by atoms with Crippen molar-refractivity contribution >= 4 is 35.6 Å². The monoisotopic (exact) mass is 685 g/mol. The van der Waals surface area contributed by atoms with E-state index in [1.165, 1.54) is 6.08 Å². The largest absolute Gasteiger partial charge is 0.346 e. The number of nitrogens with zero attached hydrogens (tertiary/aromatic N) is 2. The van der Waals surface area contributed by atoms with Gasteiger partial charge in [-0.05, 0) is 46.8 Å². The van der Waals surface area contributed by atoms with Crippen LogP contribution in [-0.4, -0.2) is 102 Å². The summed E-state index contributed by atoms with van der Waals surface area (Å²) >= 11 is 0. The van der Waals surface area contributed by atoms with Crippen LogP contribution in [0.15, 0.2) is 12.7 Å². The van der Waals surface area contributed by atoms with Crippen LogP contribution in [-0.2, 0) is 19.2 Å². The average molecular weight is 686 g/mol. The van der Waals surface area contributed by atoms with Crippen LogP contribution < -0.4 is 26.6 Å². The van der Waals surface area contributed by atoms with E-state index in [1.54, 1.807) is 9.80 Å². The average Bonchev–Trinajstić information content (AvgIpc) is 3.30. The zero-order valence-electron chi connectivity index (χ0n) is 30.7. The molecule has 6 atom stereocenters. The minimum absolute atomic E-state index is 0.0827. The maximum absolute atomic E-state index is 14.4. The molecule has 4 aliphatic rings. The fourth-order valence-electron chi connectivity index (χ4n) is 7.53. The number of carbonyl (C=O) groups excluding carboxylic acids is 6. The molecule has 4 rings (SSSR count). The van der Waals surface area contributed by atoms with Gasteiger partial charge in [0.25, 0.3) is 5.91 Å². The summed E-state index contributed by atoms with van der Waals surface area (Å²) in [4.78, 5) is 83.8. The van der Waals surface area contributed by atoms with Crippen molar-refractivity contribution in [2.45, 2.75) is 112 Å². The first-order chi connectivity index (χ1) is 22.8. The van der Waals surface area contributed by atoms with Crippen LogP contribution in [0.2, 0.25) is 0 Å². The molecule has 0 spiro atoms. The fourth-order valence-corrected chi connectivity index (χ4v) is 7.53. The molecule has 49 heavy (non-hydrogen) atoms. The van der Waals surface area contributed by atoms with Crippen molar-refractivity contribution in [3.05, 3.63) is 12.7 Å². The number of amides is 7. The first kappa shape index (κ1) is 38.2. The fraction of sp³-hybridized carbons (Fsp3) is 0.778. The number of urea groups is 2. The highest BCUT2D eigenvalue weighted by Gasteiger charge is 2.70. The third-order valence-corrected chi connectivity index (χ3v) is 11.1. The SMILES string of the molecule is C=CCNC(=O)C(=O)C(CC1CCC1)NC(=O)[C@@H]1[C@@H]2[C@H](CN1C(=O)[C@@H](NC(=O)N[C@H](CN1CCCNC1=O)C(C)(C)C)C(C)(C)C)C2(C)C. The number of piperidine rings is 1. The normalized spacial score (nSPS) is 25.1. The van der Waals surface area contributed by atoms with E-state index >= 15 is 0 Å². The van der Waals surface area contributed by atoms with Gasteiger partial charge in [0.15, 0.2) is 0 Å². The third kappa shape index (κ3) is 8.75. The quantitative estimate of drug-likeness (QED) is 0.148. The van der Waals surface area contributed by atoms with Gasteiger partial charge in [0.2, 0.25) is 17.6 Å². The van der Waals surface area contributed by atoms with Crippen molar-refractivity contribution < 1.29 is 28.8 Å². The molecule has 13 heteroatoms. The lowest BCUT2D eigenvalue weighted by Gasteiger charge is -2.40. The standard InChI is InChI=1S/C36H59N7O6/c1-10-15-37-30(46)27(44)23(18-21-13-11-14-21)39-29(45)26-25-22(36(25,8)9)19-43(26)31(47)28(35(5,6)7)41-32(48)40-24(34(2,3)4)20-42-17-12-16-38-33(42)49/h10,21-26,28H,1,11-20H2,2-9H3,(H,37,46)(H,38,49)(H,39,45)(H2,40,41,48)/t22-,23?,24+,25-,26-,28+/m0/s1. The summed E-state index contributed by atoms with van der Waals surface area (Å²) < 4.78 is 0. The van der Waals surface area contributed by atoms with E-state index < -0.39 is 58.6 Å². The maximum Gasteiger partial charge on any atom is 0.317 e. The van der Waals surface area contributed by atoms with Gasteiger partial charge in [-0.15, -0.1) is 6.58 Å². The van der Waals surface area contributed by atoms with E-state index in [4.69, 9.17) is 0 Å². The van der Waals surface area contributed by atoms with Gasteiger partial charge < -0.3 is 36.4 Å². The van der Waals surface area contributed by atoms with E-state index in [0.29, 0.717) is 32.6 Å². The molecule has 1 unspecified atom stereocenters. The van der Waals surface area contributed by atoms with Crippen LogP contribution >= 0.6 is 0 Å². The molecule has 7 amide bonds. The van der Waals surface area contributed by atoms with Gasteiger partial charge in [-0.25, -0.2) is 9.59 Å². The third-order valence-electron chi connectivity index (χ3n) is 11.1. The molecule has 5 N–H and O–H groups in total. The van der Waals surface area contributed by atoms with Gasteiger partial charge in [-0.1, -0.05) is 80.7 Å². The van der Waals surface area contributed by atoms with E-state index in [0.717, 1.165) is 25.7 Å². The van der Waals surface area contributed by atoms with Crippen molar-refractivity contribution in [3.8, 4) is 0 Å². The second kappa shape index (κ2) is 14.7. The molecule has 2 saturated heterocycles. The maximum atomic E-state index is 14.4. The second-order valence-corrected chi connectivity index (χ2v) is 17.2. The zero-order chi connectivity index (χ0) is 36.5. The Bertz CT molecular complexity index is 1310. The van der Waals surface area contributed by atoms with Crippen LogP contribution in [0.25, 0.3) is 0 Å². The van der Waals surface area contributed by atoms with Crippen molar-refractivity contribution in [1.29, 1.82) is 0 Å². The van der Waals surface area contributed by atoms with Gasteiger partial charge in [0.05, 0.1) is 12.1 Å². The molecular formula is C36H59N7O6. The Morgan fingerprint density at radius 1 is 1.00 bits per heavy atom. The molecule has 0 aromatic rings. The Morgan fingerprint density at radius 2 is 1.67 bits per heavy atom. The summed E-state index contributed by atoms with van der Waals surface area (Å²) in [6, 6.07) is -3.93. The van der Waals surface area contributed by atoms with E-state index in [1.807, 2.05) is 41.5 Å². The highest BCUT2D eigenvalue weighted by atomic mass is 16.2. The lowest BCUT2D eigenvalue weighted by Crippen LogP contribution is -2.63. The molecule has 2 heterocycles. The highest BCUT2D eigenvalue weighted by Crippen LogP contribution is 2.65. The Labute approximate surface area is 291 Å². The van der Waals surface area contributed by atoms with Crippen LogP contribution in [0.1, 0.15) is 87.5 Å². The van der Waals surface area contributed by atoms with Crippen molar-refractivity contribution in [1.82, 2.24) is 36.4 Å². The lowest BCUT2D eigenvalue weighted by atomic mass is 9.80. The summed E-state index contributed by atoms with van der Waals surface area (Å²) in [5.74, 6) is -2.11. The van der Waals surface area contributed by atoms with Crippen LogP contribution in [0.3, 0.4) is 0 Å². The molecule has 2 aliphatic heterocycles.